The Morgan fingerprint density at radius 3 is 2.57 bits per heavy atom. The number of ether oxygens (including phenoxy) is 1. The number of thioether (sulfide) groups is 1. The van der Waals surface area contributed by atoms with Gasteiger partial charge >= 0.3 is 5.97 Å². The van der Waals surface area contributed by atoms with Crippen LogP contribution in [0.2, 0.25) is 0 Å². The van der Waals surface area contributed by atoms with Crippen LogP contribution in [0.4, 0.5) is 0 Å². The van der Waals surface area contributed by atoms with Gasteiger partial charge in [-0.2, -0.15) is 0 Å². The van der Waals surface area contributed by atoms with Crippen LogP contribution in [0.5, 0.6) is 5.75 Å². The van der Waals surface area contributed by atoms with Gasteiger partial charge in [-0.25, -0.2) is 4.79 Å². The highest BCUT2D eigenvalue weighted by Crippen LogP contribution is 2.35. The Labute approximate surface area is 140 Å². The van der Waals surface area contributed by atoms with Crippen molar-refractivity contribution in [2.45, 2.75) is 25.4 Å². The van der Waals surface area contributed by atoms with Crippen molar-refractivity contribution in [1.82, 2.24) is 0 Å². The number of hydrogen-bond acceptors (Lipinski definition) is 4. The van der Waals surface area contributed by atoms with Gasteiger partial charge in [-0.1, -0.05) is 36.4 Å². The standard InChI is InChI=1S/C18H20O4S/c1-12-8-9-13(2)16(10-12)22-11-14-6-4-5-7-15(14)18(21,23-3)17(19)20/h4-10,21H,11H2,1-3H3,(H,19,20). The SMILES string of the molecule is CSC(O)(C(=O)O)c1ccccc1COc1cc(C)ccc1C. The number of carbonyl (C=O) groups is 1. The van der Waals surface area contributed by atoms with Crippen LogP contribution in [0.25, 0.3) is 0 Å². The van der Waals surface area contributed by atoms with Gasteiger partial charge in [0.15, 0.2) is 0 Å². The molecule has 0 bridgehead atoms. The smallest absolute Gasteiger partial charge is 0.351 e. The Morgan fingerprint density at radius 1 is 1.22 bits per heavy atom. The molecule has 0 heterocycles. The summed E-state index contributed by atoms with van der Waals surface area (Å²) in [4.78, 5) is 9.48. The normalized spacial score (nSPS) is 13.4. The average Bonchev–Trinajstić information content (AvgIpc) is 2.55. The molecule has 0 aliphatic heterocycles. The molecule has 1 atom stereocenters. The van der Waals surface area contributed by atoms with Crippen molar-refractivity contribution >= 4 is 17.7 Å². The highest BCUT2D eigenvalue weighted by atomic mass is 32.2. The highest BCUT2D eigenvalue weighted by molar-refractivity contribution is 8.00. The number of carboxylic acid groups (broad SMARTS) is 1. The molecule has 0 aromatic heterocycles. The molecule has 4 nitrogen and oxygen atoms in total. The van der Waals surface area contributed by atoms with Gasteiger partial charge in [-0.05, 0) is 42.9 Å². The summed E-state index contributed by atoms with van der Waals surface area (Å²) in [6.07, 6.45) is 1.57. The van der Waals surface area contributed by atoms with Crippen LogP contribution < -0.4 is 4.74 Å². The van der Waals surface area contributed by atoms with Crippen molar-refractivity contribution in [2.75, 3.05) is 6.26 Å². The maximum Gasteiger partial charge on any atom is 0.351 e. The number of benzene rings is 2. The molecule has 2 aromatic carbocycles. The number of hydrogen-bond donors (Lipinski definition) is 2. The van der Waals surface area contributed by atoms with Gasteiger partial charge in [-0.3, -0.25) is 0 Å². The van der Waals surface area contributed by atoms with Gasteiger partial charge in [0.2, 0.25) is 4.93 Å². The largest absolute Gasteiger partial charge is 0.489 e. The number of rotatable bonds is 6. The maximum atomic E-state index is 11.5. The molecule has 0 radical (unpaired) electrons. The Morgan fingerprint density at radius 2 is 1.91 bits per heavy atom. The summed E-state index contributed by atoms with van der Waals surface area (Å²) in [5.41, 5.74) is 3.08. The summed E-state index contributed by atoms with van der Waals surface area (Å²) in [6.45, 7) is 4.13. The van der Waals surface area contributed by atoms with Crippen LogP contribution in [0, 0.1) is 13.8 Å². The number of aliphatic hydroxyl groups is 1. The number of carboxylic acids is 1. The van der Waals surface area contributed by atoms with E-state index in [2.05, 4.69) is 0 Å². The lowest BCUT2D eigenvalue weighted by Crippen LogP contribution is -2.33. The van der Waals surface area contributed by atoms with E-state index < -0.39 is 10.9 Å². The van der Waals surface area contributed by atoms with E-state index in [0.717, 1.165) is 28.6 Å². The molecule has 0 amide bonds. The molecular weight excluding hydrogens is 312 g/mol. The van der Waals surface area contributed by atoms with Crippen LogP contribution in [-0.4, -0.2) is 22.4 Å². The van der Waals surface area contributed by atoms with E-state index in [4.69, 9.17) is 4.74 Å². The first-order chi connectivity index (χ1) is 10.9. The first-order valence-corrected chi connectivity index (χ1v) is 8.40. The molecule has 0 aliphatic rings. The maximum absolute atomic E-state index is 11.5. The fourth-order valence-corrected chi connectivity index (χ4v) is 2.90. The molecule has 5 heteroatoms. The highest BCUT2D eigenvalue weighted by Gasteiger charge is 2.39. The van der Waals surface area contributed by atoms with E-state index in [1.165, 1.54) is 0 Å². The van der Waals surface area contributed by atoms with E-state index >= 15 is 0 Å². The van der Waals surface area contributed by atoms with E-state index in [1.54, 1.807) is 30.5 Å². The molecule has 0 saturated heterocycles. The van der Waals surface area contributed by atoms with Gasteiger partial charge in [0.05, 0.1) is 0 Å². The van der Waals surface area contributed by atoms with Crippen LogP contribution in [0.1, 0.15) is 22.3 Å². The molecule has 2 aromatic rings. The Bertz CT molecular complexity index is 714. The minimum Gasteiger partial charge on any atom is -0.489 e. The van der Waals surface area contributed by atoms with Crippen LogP contribution in [-0.2, 0) is 16.3 Å². The first-order valence-electron chi connectivity index (χ1n) is 7.18. The van der Waals surface area contributed by atoms with Gasteiger partial charge in [0, 0.05) is 5.56 Å². The van der Waals surface area contributed by atoms with E-state index in [1.807, 2.05) is 32.0 Å². The van der Waals surface area contributed by atoms with Crippen molar-refractivity contribution in [3.8, 4) is 5.75 Å². The molecule has 1 unspecified atom stereocenters. The zero-order chi connectivity index (χ0) is 17.0. The van der Waals surface area contributed by atoms with Crippen molar-refractivity contribution in [2.24, 2.45) is 0 Å². The summed E-state index contributed by atoms with van der Waals surface area (Å²) in [7, 11) is 0. The molecule has 122 valence electrons. The van der Waals surface area contributed by atoms with E-state index in [9.17, 15) is 15.0 Å². The Kier molecular flexibility index (Phi) is 5.34. The van der Waals surface area contributed by atoms with Crippen LogP contribution in [0.3, 0.4) is 0 Å². The van der Waals surface area contributed by atoms with Crippen LogP contribution in [0.15, 0.2) is 42.5 Å². The van der Waals surface area contributed by atoms with Gasteiger partial charge in [-0.15, -0.1) is 11.8 Å². The zero-order valence-electron chi connectivity index (χ0n) is 13.4. The molecule has 2 N–H and O–H groups in total. The van der Waals surface area contributed by atoms with Gasteiger partial charge < -0.3 is 14.9 Å². The molecule has 0 aliphatic carbocycles. The second-order valence-electron chi connectivity index (χ2n) is 5.37. The quantitative estimate of drug-likeness (QED) is 0.793. The Balaban J connectivity index is 2.31. The minimum absolute atomic E-state index is 0.191. The van der Waals surface area contributed by atoms with E-state index in [-0.39, 0.29) is 6.61 Å². The number of aryl methyl sites for hydroxylation is 2. The van der Waals surface area contributed by atoms with Crippen molar-refractivity contribution in [3.63, 3.8) is 0 Å². The number of aliphatic carboxylic acids is 1. The summed E-state index contributed by atoms with van der Waals surface area (Å²) in [6, 6.07) is 12.8. The summed E-state index contributed by atoms with van der Waals surface area (Å²) < 4.78 is 5.85. The third kappa shape index (κ3) is 3.68. The Hall–Kier alpha value is -1.98. The lowest BCUT2D eigenvalue weighted by molar-refractivity contribution is -0.150. The molecule has 2 rings (SSSR count). The molecule has 0 spiro atoms. The average molecular weight is 332 g/mol. The lowest BCUT2D eigenvalue weighted by Gasteiger charge is -2.24. The van der Waals surface area contributed by atoms with Crippen LogP contribution >= 0.6 is 11.8 Å². The van der Waals surface area contributed by atoms with E-state index in [0.29, 0.717) is 11.1 Å². The fourth-order valence-electron chi connectivity index (χ4n) is 2.31. The summed E-state index contributed by atoms with van der Waals surface area (Å²) in [5, 5.41) is 19.8. The molecule has 23 heavy (non-hydrogen) atoms. The molecule has 0 fully saturated rings. The monoisotopic (exact) mass is 332 g/mol. The summed E-state index contributed by atoms with van der Waals surface area (Å²) in [5.74, 6) is -0.535. The predicted molar refractivity (Wildman–Crippen MR) is 91.7 cm³/mol. The van der Waals surface area contributed by atoms with Gasteiger partial charge in [0.25, 0.3) is 0 Å². The zero-order valence-corrected chi connectivity index (χ0v) is 14.2. The summed E-state index contributed by atoms with van der Waals surface area (Å²) >= 11 is 0.875. The minimum atomic E-state index is -1.98. The second kappa shape index (κ2) is 7.06. The van der Waals surface area contributed by atoms with Crippen molar-refractivity contribution in [1.29, 1.82) is 0 Å². The fraction of sp³-hybridized carbons (Fsp3) is 0.278. The topological polar surface area (TPSA) is 66.8 Å². The van der Waals surface area contributed by atoms with Gasteiger partial charge in [0.1, 0.15) is 12.4 Å². The van der Waals surface area contributed by atoms with Crippen molar-refractivity contribution < 1.29 is 19.7 Å². The molecule has 0 saturated carbocycles. The second-order valence-corrected chi connectivity index (χ2v) is 6.37. The predicted octanol–water partition coefficient (Wildman–Crippen LogP) is 3.48. The molecular formula is C18H20O4S. The first kappa shape index (κ1) is 17.4. The van der Waals surface area contributed by atoms with Crippen molar-refractivity contribution in [3.05, 3.63) is 64.7 Å². The third-order valence-corrected chi connectivity index (χ3v) is 4.68. The third-order valence-electron chi connectivity index (χ3n) is 3.69. The lowest BCUT2D eigenvalue weighted by atomic mass is 10.0.